The lowest BCUT2D eigenvalue weighted by Gasteiger charge is -2.09. The van der Waals surface area contributed by atoms with Crippen LogP contribution in [0.4, 0.5) is 8.78 Å². The fraction of sp³-hybridized carbons (Fsp3) is 0.227. The van der Waals surface area contributed by atoms with Crippen LogP contribution in [0.3, 0.4) is 0 Å². The number of halogens is 2. The molecule has 0 aliphatic rings. The minimum Gasteiger partial charge on any atom is -0.245 e. The lowest BCUT2D eigenvalue weighted by molar-refractivity contribution is 0.00756. The predicted molar refractivity (Wildman–Crippen MR) is 112 cm³/mol. The smallest absolute Gasteiger partial charge is 0.245 e. The first-order valence-electron chi connectivity index (χ1n) is 9.81. The molecule has 0 saturated heterocycles. The molecule has 2 aromatic carbocycles. The van der Waals surface area contributed by atoms with Gasteiger partial charge in [0.05, 0.1) is 6.54 Å². The summed E-state index contributed by atoms with van der Waals surface area (Å²) in [6.45, 7) is 3.03. The Morgan fingerprint density at radius 1 is 1.06 bits per heavy atom. The number of hydrogen-bond donors (Lipinski definition) is 1. The number of tetrazole rings is 1. The van der Waals surface area contributed by atoms with Crippen molar-refractivity contribution in [2.45, 2.75) is 32.7 Å². The SMILES string of the molecule is C/C=C/Cc1nc(C(C)(F)F)nn1Cc1ccc(-c2ccccc2-c2nn[nH]n2)cc1. The first-order valence-corrected chi connectivity index (χ1v) is 9.81. The lowest BCUT2D eigenvalue weighted by Crippen LogP contribution is -2.11. The van der Waals surface area contributed by atoms with Gasteiger partial charge in [0.15, 0.2) is 0 Å². The first kappa shape index (κ1) is 20.5. The minimum absolute atomic E-state index is 0.350. The third kappa shape index (κ3) is 4.55. The van der Waals surface area contributed by atoms with Gasteiger partial charge in [-0.05, 0) is 28.8 Å². The van der Waals surface area contributed by atoms with E-state index in [1.54, 1.807) is 0 Å². The van der Waals surface area contributed by atoms with E-state index >= 15 is 0 Å². The Morgan fingerprint density at radius 3 is 2.45 bits per heavy atom. The van der Waals surface area contributed by atoms with Crippen molar-refractivity contribution in [3.63, 3.8) is 0 Å². The van der Waals surface area contributed by atoms with Crippen LogP contribution in [0.25, 0.3) is 22.5 Å². The van der Waals surface area contributed by atoms with Crippen LogP contribution in [0.2, 0.25) is 0 Å². The zero-order valence-corrected chi connectivity index (χ0v) is 17.1. The molecule has 0 aliphatic carbocycles. The molecule has 31 heavy (non-hydrogen) atoms. The molecule has 0 spiro atoms. The van der Waals surface area contributed by atoms with Crippen LogP contribution in [0.5, 0.6) is 0 Å². The van der Waals surface area contributed by atoms with Crippen LogP contribution in [-0.4, -0.2) is 35.4 Å². The normalized spacial score (nSPS) is 12.0. The molecule has 0 unspecified atom stereocenters. The molecule has 7 nitrogen and oxygen atoms in total. The third-order valence-corrected chi connectivity index (χ3v) is 4.79. The van der Waals surface area contributed by atoms with Gasteiger partial charge in [0, 0.05) is 18.9 Å². The number of H-pyrrole nitrogens is 1. The number of alkyl halides is 2. The van der Waals surface area contributed by atoms with Gasteiger partial charge in [0.2, 0.25) is 11.6 Å². The van der Waals surface area contributed by atoms with Crippen molar-refractivity contribution in [2.24, 2.45) is 0 Å². The Hall–Kier alpha value is -3.75. The molecule has 0 atom stereocenters. The van der Waals surface area contributed by atoms with Gasteiger partial charge in [-0.25, -0.2) is 9.67 Å². The molecule has 158 valence electrons. The summed E-state index contributed by atoms with van der Waals surface area (Å²) in [7, 11) is 0. The Balaban J connectivity index is 1.61. The van der Waals surface area contributed by atoms with Crippen molar-refractivity contribution < 1.29 is 8.78 Å². The highest BCUT2D eigenvalue weighted by Crippen LogP contribution is 2.30. The Kier molecular flexibility index (Phi) is 5.66. The van der Waals surface area contributed by atoms with E-state index in [-0.39, 0.29) is 0 Å². The number of aromatic amines is 1. The summed E-state index contributed by atoms with van der Waals surface area (Å²) < 4.78 is 29.0. The maximum absolute atomic E-state index is 13.7. The molecule has 0 bridgehead atoms. The van der Waals surface area contributed by atoms with Gasteiger partial charge in [-0.1, -0.05) is 60.7 Å². The van der Waals surface area contributed by atoms with Crippen LogP contribution in [0.1, 0.15) is 31.1 Å². The van der Waals surface area contributed by atoms with Gasteiger partial charge in [-0.15, -0.1) is 15.3 Å². The molecule has 2 aromatic heterocycles. The van der Waals surface area contributed by atoms with Crippen molar-refractivity contribution in [2.75, 3.05) is 0 Å². The fourth-order valence-electron chi connectivity index (χ4n) is 3.23. The maximum Gasteiger partial charge on any atom is 0.305 e. The predicted octanol–water partition coefficient (Wildman–Crippen LogP) is 4.40. The molecular formula is C22H21F2N7. The molecule has 0 fully saturated rings. The molecular weight excluding hydrogens is 400 g/mol. The second-order valence-corrected chi connectivity index (χ2v) is 7.15. The molecule has 0 saturated carbocycles. The zero-order valence-electron chi connectivity index (χ0n) is 17.1. The quantitative estimate of drug-likeness (QED) is 0.447. The van der Waals surface area contributed by atoms with E-state index in [9.17, 15) is 8.78 Å². The van der Waals surface area contributed by atoms with Gasteiger partial charge < -0.3 is 0 Å². The van der Waals surface area contributed by atoms with Gasteiger partial charge in [-0.2, -0.15) is 14.0 Å². The van der Waals surface area contributed by atoms with E-state index in [1.165, 1.54) is 4.68 Å². The second kappa shape index (κ2) is 8.55. The van der Waals surface area contributed by atoms with Crippen molar-refractivity contribution in [3.05, 3.63) is 77.9 Å². The monoisotopic (exact) mass is 421 g/mol. The van der Waals surface area contributed by atoms with E-state index in [1.807, 2.05) is 67.6 Å². The molecule has 4 rings (SSSR count). The summed E-state index contributed by atoms with van der Waals surface area (Å²) in [4.78, 5) is 4.05. The molecule has 9 heteroatoms. The summed E-state index contributed by atoms with van der Waals surface area (Å²) in [5.41, 5.74) is 3.75. The molecule has 4 aromatic rings. The first-order chi connectivity index (χ1) is 15.0. The highest BCUT2D eigenvalue weighted by molar-refractivity contribution is 5.80. The van der Waals surface area contributed by atoms with Crippen molar-refractivity contribution >= 4 is 0 Å². The van der Waals surface area contributed by atoms with Gasteiger partial charge in [0.1, 0.15) is 5.82 Å². The summed E-state index contributed by atoms with van der Waals surface area (Å²) in [5.74, 6) is -2.53. The average molecular weight is 421 g/mol. The number of benzene rings is 2. The second-order valence-electron chi connectivity index (χ2n) is 7.15. The van der Waals surface area contributed by atoms with E-state index < -0.39 is 11.7 Å². The highest BCUT2D eigenvalue weighted by atomic mass is 19.3. The standard InChI is InChI=1S/C22H21F2N7/c1-3-4-9-19-25-21(22(2,23)24)28-31(19)14-15-10-12-16(13-11-15)17-7-5-6-8-18(17)20-26-29-30-27-20/h3-8,10-13H,9,14H2,1-2H3,(H,26,27,29,30)/b4-3+. The fourth-order valence-corrected chi connectivity index (χ4v) is 3.23. The summed E-state index contributed by atoms with van der Waals surface area (Å²) in [6, 6.07) is 15.6. The number of nitrogens with zero attached hydrogens (tertiary/aromatic N) is 6. The van der Waals surface area contributed by atoms with Crippen molar-refractivity contribution in [3.8, 4) is 22.5 Å². The number of aromatic nitrogens is 7. The lowest BCUT2D eigenvalue weighted by atomic mass is 9.98. The average Bonchev–Trinajstić information content (AvgIpc) is 3.43. The number of nitrogens with one attached hydrogen (secondary N) is 1. The van der Waals surface area contributed by atoms with Crippen LogP contribution in [-0.2, 0) is 18.9 Å². The molecule has 2 heterocycles. The van der Waals surface area contributed by atoms with Crippen LogP contribution < -0.4 is 0 Å². The largest absolute Gasteiger partial charge is 0.305 e. The van der Waals surface area contributed by atoms with Crippen LogP contribution in [0.15, 0.2) is 60.7 Å². The van der Waals surface area contributed by atoms with Crippen LogP contribution >= 0.6 is 0 Å². The van der Waals surface area contributed by atoms with E-state index in [0.717, 1.165) is 29.2 Å². The minimum atomic E-state index is -3.08. The Bertz CT molecular complexity index is 1170. The molecule has 0 aliphatic heterocycles. The van der Waals surface area contributed by atoms with Crippen molar-refractivity contribution in [1.29, 1.82) is 0 Å². The Morgan fingerprint density at radius 2 is 1.81 bits per heavy atom. The Labute approximate surface area is 177 Å². The van der Waals surface area contributed by atoms with Gasteiger partial charge >= 0.3 is 5.92 Å². The summed E-state index contributed by atoms with van der Waals surface area (Å²) >= 11 is 0. The molecule has 0 amide bonds. The van der Waals surface area contributed by atoms with E-state index in [0.29, 0.717) is 24.6 Å². The van der Waals surface area contributed by atoms with Crippen molar-refractivity contribution in [1.82, 2.24) is 35.4 Å². The maximum atomic E-state index is 13.7. The topological polar surface area (TPSA) is 85.2 Å². The van der Waals surface area contributed by atoms with Gasteiger partial charge in [-0.3, -0.25) is 0 Å². The van der Waals surface area contributed by atoms with Gasteiger partial charge in [0.25, 0.3) is 0 Å². The number of rotatable bonds is 7. The molecule has 0 radical (unpaired) electrons. The van der Waals surface area contributed by atoms with E-state index in [2.05, 4.69) is 30.7 Å². The number of hydrogen-bond acceptors (Lipinski definition) is 5. The van der Waals surface area contributed by atoms with Crippen LogP contribution in [0, 0.1) is 0 Å². The highest BCUT2D eigenvalue weighted by Gasteiger charge is 2.31. The zero-order chi connectivity index (χ0) is 21.8. The summed E-state index contributed by atoms with van der Waals surface area (Å²) in [5, 5.41) is 18.3. The van der Waals surface area contributed by atoms with E-state index in [4.69, 9.17) is 0 Å². The summed E-state index contributed by atoms with van der Waals surface area (Å²) in [6.07, 6.45) is 4.17. The molecule has 1 N–H and O–H groups in total. The number of allylic oxidation sites excluding steroid dienone is 2. The third-order valence-electron chi connectivity index (χ3n) is 4.79.